The third kappa shape index (κ3) is 12.5. The second-order valence-electron chi connectivity index (χ2n) is 12.9. The van der Waals surface area contributed by atoms with Crippen LogP contribution in [0.5, 0.6) is 5.75 Å². The van der Waals surface area contributed by atoms with E-state index < -0.39 is 0 Å². The normalized spacial score (nSPS) is 11.2. The first-order chi connectivity index (χ1) is 20.8. The lowest BCUT2D eigenvalue weighted by Crippen LogP contribution is -3.00. The number of nitrogens with zero attached hydrogens (tertiary/aromatic N) is 2. The third-order valence-corrected chi connectivity index (χ3v) is 8.26. The molecule has 0 radical (unpaired) electrons. The molecule has 0 atom stereocenters. The first kappa shape index (κ1) is 37.8. The average Bonchev–Trinajstić information content (AvgIpc) is 3.02. The zero-order valence-corrected chi connectivity index (χ0v) is 30.3. The number of aromatic nitrogens is 1. The Kier molecular flexibility index (Phi) is 17.7. The van der Waals surface area contributed by atoms with Crippen molar-refractivity contribution in [1.29, 1.82) is 0 Å². The summed E-state index contributed by atoms with van der Waals surface area (Å²) in [5, 5.41) is 0. The first-order valence-corrected chi connectivity index (χ1v) is 17.0. The molecule has 0 spiro atoms. The average molecular weight is 713 g/mol. The monoisotopic (exact) mass is 712 g/mol. The number of amides is 1. The number of para-hydroxylation sites is 1. The Hall–Kier alpha value is -2.41. The summed E-state index contributed by atoms with van der Waals surface area (Å²) < 4.78 is 8.37. The molecule has 44 heavy (non-hydrogen) atoms. The topological polar surface area (TPSA) is 33.4 Å². The van der Waals surface area contributed by atoms with Crippen LogP contribution in [0.4, 0.5) is 5.69 Å². The van der Waals surface area contributed by atoms with Crippen molar-refractivity contribution >= 4 is 11.6 Å². The Balaban J connectivity index is 0.00000675. The summed E-state index contributed by atoms with van der Waals surface area (Å²) in [5.41, 5.74) is 3.79. The van der Waals surface area contributed by atoms with E-state index in [2.05, 4.69) is 52.8 Å². The predicted octanol–water partition coefficient (Wildman–Crippen LogP) is 7.22. The summed E-state index contributed by atoms with van der Waals surface area (Å²) >= 11 is 0. The zero-order valence-electron chi connectivity index (χ0n) is 28.1. The number of hydrogen-bond acceptors (Lipinski definition) is 2. The molecular weight excluding hydrogens is 655 g/mol. The van der Waals surface area contributed by atoms with Gasteiger partial charge in [0.15, 0.2) is 6.20 Å². The van der Waals surface area contributed by atoms with E-state index in [9.17, 15) is 4.79 Å². The summed E-state index contributed by atoms with van der Waals surface area (Å²) in [4.78, 5) is 15.8. The van der Waals surface area contributed by atoms with Gasteiger partial charge in [-0.1, -0.05) is 123 Å². The van der Waals surface area contributed by atoms with Crippen LogP contribution < -0.4 is 38.2 Å². The minimum absolute atomic E-state index is 0. The zero-order chi connectivity index (χ0) is 30.9. The molecular formula is C39H57IN2O2. The maximum Gasteiger partial charge on any atom is 0.323 e. The standard InChI is InChI=1S/C39H57N2O2.HI/c1-6-8-9-10-11-12-13-14-15-16-17-23-30-43-37-28-27-33(31-35(37)39(3,4)5)32-41(34-24-19-18-20-25-34)38(42)36-26-21-22-29-40(36)7-2;/h18-22,24-29,31H,6-17,23,30,32H2,1-5H3;1H/q+1;/p-1. The third-order valence-electron chi connectivity index (χ3n) is 8.26. The Labute approximate surface area is 285 Å². The van der Waals surface area contributed by atoms with Gasteiger partial charge in [0.05, 0.1) is 13.2 Å². The van der Waals surface area contributed by atoms with Crippen LogP contribution in [0.2, 0.25) is 0 Å². The molecule has 0 aliphatic carbocycles. The highest BCUT2D eigenvalue weighted by molar-refractivity contribution is 6.03. The van der Waals surface area contributed by atoms with Crippen LogP contribution in [-0.4, -0.2) is 12.5 Å². The van der Waals surface area contributed by atoms with Gasteiger partial charge in [0.25, 0.3) is 5.69 Å². The van der Waals surface area contributed by atoms with Gasteiger partial charge < -0.3 is 28.7 Å². The SMILES string of the molecule is CCCCCCCCCCCCCCOc1ccc(CN(C(=O)c2cccc[n+]2CC)c2ccccc2)cc1C(C)(C)C.[I-]. The fourth-order valence-electron chi connectivity index (χ4n) is 5.67. The van der Waals surface area contributed by atoms with Crippen molar-refractivity contribution in [3.8, 4) is 5.75 Å². The van der Waals surface area contributed by atoms with Crippen LogP contribution in [0.15, 0.2) is 72.9 Å². The van der Waals surface area contributed by atoms with Crippen LogP contribution in [0, 0.1) is 0 Å². The molecule has 1 amide bonds. The molecule has 3 rings (SSSR count). The Morgan fingerprint density at radius 2 is 1.34 bits per heavy atom. The van der Waals surface area contributed by atoms with E-state index in [4.69, 9.17) is 4.74 Å². The van der Waals surface area contributed by atoms with Crippen LogP contribution in [-0.2, 0) is 18.5 Å². The van der Waals surface area contributed by atoms with Gasteiger partial charge in [-0.25, -0.2) is 0 Å². The predicted molar refractivity (Wildman–Crippen MR) is 181 cm³/mol. The van der Waals surface area contributed by atoms with E-state index in [0.29, 0.717) is 12.2 Å². The molecule has 4 nitrogen and oxygen atoms in total. The molecule has 0 saturated heterocycles. The van der Waals surface area contributed by atoms with Crippen molar-refractivity contribution in [2.75, 3.05) is 11.5 Å². The Morgan fingerprint density at radius 3 is 1.93 bits per heavy atom. The molecule has 0 bridgehead atoms. The number of anilines is 1. The van der Waals surface area contributed by atoms with Gasteiger partial charge in [-0.15, -0.1) is 0 Å². The molecule has 3 aromatic rings. The van der Waals surface area contributed by atoms with E-state index in [-0.39, 0.29) is 35.3 Å². The maximum atomic E-state index is 13.9. The van der Waals surface area contributed by atoms with E-state index in [1.54, 1.807) is 0 Å². The molecule has 2 aromatic carbocycles. The number of pyridine rings is 1. The number of benzene rings is 2. The number of rotatable bonds is 19. The highest BCUT2D eigenvalue weighted by Gasteiger charge is 2.27. The van der Waals surface area contributed by atoms with Gasteiger partial charge in [-0.3, -0.25) is 9.69 Å². The van der Waals surface area contributed by atoms with E-state index >= 15 is 0 Å². The second kappa shape index (κ2) is 20.6. The molecule has 0 N–H and O–H groups in total. The summed E-state index contributed by atoms with van der Waals surface area (Å²) in [5.74, 6) is 0.960. The first-order valence-electron chi connectivity index (χ1n) is 17.0. The molecule has 0 aliphatic rings. The van der Waals surface area contributed by atoms with E-state index in [1.165, 1.54) is 76.2 Å². The molecule has 0 aliphatic heterocycles. The van der Waals surface area contributed by atoms with Crippen molar-refractivity contribution in [2.24, 2.45) is 0 Å². The number of carbonyl (C=O) groups excluding carboxylic acids is 1. The van der Waals surface area contributed by atoms with Gasteiger partial charge in [-0.2, -0.15) is 4.57 Å². The molecule has 5 heteroatoms. The van der Waals surface area contributed by atoms with Crippen molar-refractivity contribution < 1.29 is 38.1 Å². The molecule has 0 unspecified atom stereocenters. The molecule has 0 saturated carbocycles. The summed E-state index contributed by atoms with van der Waals surface area (Å²) in [6.45, 7) is 13.0. The summed E-state index contributed by atoms with van der Waals surface area (Å²) in [6.07, 6.45) is 18.1. The van der Waals surface area contributed by atoms with Crippen LogP contribution in [0.1, 0.15) is 133 Å². The van der Waals surface area contributed by atoms with Crippen molar-refractivity contribution in [1.82, 2.24) is 0 Å². The molecule has 0 fully saturated rings. The Morgan fingerprint density at radius 1 is 0.750 bits per heavy atom. The lowest BCUT2D eigenvalue weighted by molar-refractivity contribution is -0.695. The number of carbonyl (C=O) groups is 1. The lowest BCUT2D eigenvalue weighted by Gasteiger charge is -2.26. The lowest BCUT2D eigenvalue weighted by atomic mass is 9.85. The smallest absolute Gasteiger partial charge is 0.323 e. The molecule has 242 valence electrons. The van der Waals surface area contributed by atoms with Crippen molar-refractivity contribution in [2.45, 2.75) is 130 Å². The number of unbranched alkanes of at least 4 members (excludes halogenated alkanes) is 11. The minimum Gasteiger partial charge on any atom is -1.00 e. The van der Waals surface area contributed by atoms with E-state index in [0.717, 1.165) is 36.6 Å². The van der Waals surface area contributed by atoms with Crippen LogP contribution in [0.3, 0.4) is 0 Å². The second-order valence-corrected chi connectivity index (χ2v) is 12.9. The summed E-state index contributed by atoms with van der Waals surface area (Å²) in [7, 11) is 0. The van der Waals surface area contributed by atoms with Crippen molar-refractivity contribution in [3.63, 3.8) is 0 Å². The minimum atomic E-state index is -0.0753. The van der Waals surface area contributed by atoms with Gasteiger partial charge in [0.2, 0.25) is 0 Å². The quantitative estimate of drug-likeness (QED) is 0.0748. The Bertz CT molecular complexity index is 1220. The van der Waals surface area contributed by atoms with Crippen LogP contribution >= 0.6 is 0 Å². The number of aryl methyl sites for hydroxylation is 1. The van der Waals surface area contributed by atoms with E-state index in [1.807, 2.05) is 64.2 Å². The highest BCUT2D eigenvalue weighted by atomic mass is 127. The molecule has 1 heterocycles. The van der Waals surface area contributed by atoms with Gasteiger partial charge in [0, 0.05) is 17.8 Å². The number of ether oxygens (including phenoxy) is 1. The highest BCUT2D eigenvalue weighted by Crippen LogP contribution is 2.33. The number of hydrogen-bond donors (Lipinski definition) is 0. The van der Waals surface area contributed by atoms with Crippen LogP contribution in [0.25, 0.3) is 0 Å². The molecule has 1 aromatic heterocycles. The van der Waals surface area contributed by atoms with Crippen molar-refractivity contribution in [3.05, 3.63) is 89.7 Å². The largest absolute Gasteiger partial charge is 1.00 e. The number of halogens is 1. The maximum absolute atomic E-state index is 13.9. The summed E-state index contributed by atoms with van der Waals surface area (Å²) in [6, 6.07) is 22.3. The van der Waals surface area contributed by atoms with Gasteiger partial charge >= 0.3 is 5.91 Å². The fourth-order valence-corrected chi connectivity index (χ4v) is 5.67. The van der Waals surface area contributed by atoms with Gasteiger partial charge in [-0.05, 0) is 60.2 Å². The fraction of sp³-hybridized carbons (Fsp3) is 0.538. The van der Waals surface area contributed by atoms with Gasteiger partial charge in [0.1, 0.15) is 12.3 Å².